The van der Waals surface area contributed by atoms with Crippen molar-refractivity contribution < 1.29 is 14.3 Å². The number of nitrogens with one attached hydrogen (secondary N) is 1. The molecule has 0 spiro atoms. The number of hydrogen-bond acceptors (Lipinski definition) is 4. The van der Waals surface area contributed by atoms with Gasteiger partial charge in [0.1, 0.15) is 13.2 Å². The number of rotatable bonds is 4. The van der Waals surface area contributed by atoms with Gasteiger partial charge in [-0.3, -0.25) is 4.79 Å². The maximum Gasteiger partial charge on any atom is 0.251 e. The lowest BCUT2D eigenvalue weighted by molar-refractivity contribution is 0.0925. The van der Waals surface area contributed by atoms with E-state index in [1.54, 1.807) is 24.3 Å². The number of nitriles is 1. The highest BCUT2D eigenvalue weighted by Crippen LogP contribution is 2.34. The minimum Gasteiger partial charge on any atom is -0.486 e. The first-order chi connectivity index (χ1) is 12.1. The Balaban J connectivity index is 1.81. The number of amides is 1. The van der Waals surface area contributed by atoms with E-state index < -0.39 is 0 Å². The monoisotopic (exact) mass is 336 g/mol. The molecule has 5 heteroatoms. The fourth-order valence-corrected chi connectivity index (χ4v) is 2.81. The summed E-state index contributed by atoms with van der Waals surface area (Å²) in [5, 5.41) is 11.9. The van der Waals surface area contributed by atoms with Crippen LogP contribution in [0.3, 0.4) is 0 Å². The number of benzene rings is 2. The van der Waals surface area contributed by atoms with Crippen LogP contribution in [0.2, 0.25) is 0 Å². The van der Waals surface area contributed by atoms with Crippen molar-refractivity contribution in [1.29, 1.82) is 5.26 Å². The number of nitrogens with zero attached hydrogens (tertiary/aromatic N) is 1. The van der Waals surface area contributed by atoms with E-state index >= 15 is 0 Å². The molecule has 0 radical (unpaired) electrons. The molecule has 0 saturated heterocycles. The lowest BCUT2D eigenvalue weighted by atomic mass is 9.95. The molecule has 0 aromatic heterocycles. The second-order valence-electron chi connectivity index (χ2n) is 6.29. The molecular formula is C20H20N2O3. The second-order valence-corrected chi connectivity index (χ2v) is 6.29. The Morgan fingerprint density at radius 2 is 1.76 bits per heavy atom. The van der Waals surface area contributed by atoms with Crippen molar-refractivity contribution in [3.63, 3.8) is 0 Å². The summed E-state index contributed by atoms with van der Waals surface area (Å²) >= 11 is 0. The summed E-state index contributed by atoms with van der Waals surface area (Å²) in [6, 6.07) is 14.3. The van der Waals surface area contributed by atoms with Gasteiger partial charge in [-0.2, -0.15) is 5.26 Å². The van der Waals surface area contributed by atoms with E-state index in [-0.39, 0.29) is 17.9 Å². The predicted octanol–water partition coefficient (Wildman–Crippen LogP) is 3.46. The Labute approximate surface area is 147 Å². The zero-order valence-corrected chi connectivity index (χ0v) is 14.3. The van der Waals surface area contributed by atoms with E-state index in [2.05, 4.69) is 19.2 Å². The normalized spacial score (nSPS) is 13.8. The summed E-state index contributed by atoms with van der Waals surface area (Å²) in [6.45, 7) is 5.19. The van der Waals surface area contributed by atoms with Crippen LogP contribution in [-0.2, 0) is 0 Å². The third-order valence-electron chi connectivity index (χ3n) is 4.15. The first kappa shape index (κ1) is 16.8. The molecule has 1 heterocycles. The van der Waals surface area contributed by atoms with Gasteiger partial charge in [-0.15, -0.1) is 0 Å². The first-order valence-electron chi connectivity index (χ1n) is 8.29. The van der Waals surface area contributed by atoms with Gasteiger partial charge in [0.05, 0.1) is 17.7 Å². The number of carbonyl (C=O) groups is 1. The molecule has 0 saturated carbocycles. The molecular weight excluding hydrogens is 316 g/mol. The molecule has 1 N–H and O–H groups in total. The Kier molecular flexibility index (Phi) is 4.90. The van der Waals surface area contributed by atoms with E-state index in [0.717, 1.165) is 11.3 Å². The van der Waals surface area contributed by atoms with E-state index in [0.29, 0.717) is 30.1 Å². The van der Waals surface area contributed by atoms with Crippen molar-refractivity contribution in [2.45, 2.75) is 19.9 Å². The second kappa shape index (κ2) is 7.27. The van der Waals surface area contributed by atoms with Crippen LogP contribution in [0.5, 0.6) is 11.5 Å². The quantitative estimate of drug-likeness (QED) is 0.928. The molecule has 0 bridgehead atoms. The summed E-state index contributed by atoms with van der Waals surface area (Å²) in [6.07, 6.45) is 0. The third kappa shape index (κ3) is 3.74. The standard InChI is InChI=1S/C20H20N2O3/c1-13(2)19(16-7-8-17-18(11-16)25-10-9-24-17)22-20(23)15-5-3-14(12-21)4-6-15/h3-8,11,13,19H,9-10H2,1-2H3,(H,22,23)/t19-/m0/s1. The van der Waals surface area contributed by atoms with E-state index in [1.807, 2.05) is 24.3 Å². The Morgan fingerprint density at radius 3 is 2.40 bits per heavy atom. The summed E-state index contributed by atoms with van der Waals surface area (Å²) in [4.78, 5) is 12.6. The molecule has 3 rings (SSSR count). The van der Waals surface area contributed by atoms with E-state index in [9.17, 15) is 4.79 Å². The molecule has 128 valence electrons. The Bertz CT molecular complexity index is 807. The number of ether oxygens (including phenoxy) is 2. The Hall–Kier alpha value is -3.00. The highest BCUT2D eigenvalue weighted by atomic mass is 16.6. The lowest BCUT2D eigenvalue weighted by Crippen LogP contribution is -2.31. The number of carbonyl (C=O) groups excluding carboxylic acids is 1. The maximum absolute atomic E-state index is 12.6. The lowest BCUT2D eigenvalue weighted by Gasteiger charge is -2.25. The van der Waals surface area contributed by atoms with Gasteiger partial charge in [0, 0.05) is 5.56 Å². The minimum atomic E-state index is -0.168. The highest BCUT2D eigenvalue weighted by molar-refractivity contribution is 5.94. The van der Waals surface area contributed by atoms with Crippen molar-refractivity contribution in [3.8, 4) is 17.6 Å². The SMILES string of the molecule is CC(C)[C@H](NC(=O)c1ccc(C#N)cc1)c1ccc2c(c1)OCCO2. The van der Waals surface area contributed by atoms with Crippen molar-refractivity contribution in [3.05, 3.63) is 59.2 Å². The van der Waals surface area contributed by atoms with Gasteiger partial charge >= 0.3 is 0 Å². The molecule has 1 aliphatic rings. The van der Waals surface area contributed by atoms with Crippen molar-refractivity contribution >= 4 is 5.91 Å². The van der Waals surface area contributed by atoms with Crippen LogP contribution in [0.1, 0.15) is 41.4 Å². The average molecular weight is 336 g/mol. The van der Waals surface area contributed by atoms with Gasteiger partial charge in [0.25, 0.3) is 5.91 Å². The number of fused-ring (bicyclic) bond motifs is 1. The molecule has 0 unspecified atom stereocenters. The third-order valence-corrected chi connectivity index (χ3v) is 4.15. The van der Waals surface area contributed by atoms with Crippen LogP contribution in [0.25, 0.3) is 0 Å². The zero-order valence-electron chi connectivity index (χ0n) is 14.3. The van der Waals surface area contributed by atoms with Crippen LogP contribution in [0.4, 0.5) is 0 Å². The fraction of sp³-hybridized carbons (Fsp3) is 0.300. The summed E-state index contributed by atoms with van der Waals surface area (Å²) < 4.78 is 11.2. The van der Waals surface area contributed by atoms with Gasteiger partial charge in [0.15, 0.2) is 11.5 Å². The molecule has 2 aromatic rings. The predicted molar refractivity (Wildman–Crippen MR) is 93.6 cm³/mol. The Morgan fingerprint density at radius 1 is 1.08 bits per heavy atom. The molecule has 1 atom stereocenters. The summed E-state index contributed by atoms with van der Waals surface area (Å²) in [7, 11) is 0. The molecule has 0 fully saturated rings. The van der Waals surface area contributed by atoms with Gasteiger partial charge in [-0.25, -0.2) is 0 Å². The molecule has 1 aliphatic heterocycles. The first-order valence-corrected chi connectivity index (χ1v) is 8.29. The topological polar surface area (TPSA) is 71.4 Å². The van der Waals surface area contributed by atoms with E-state index in [1.165, 1.54) is 0 Å². The van der Waals surface area contributed by atoms with Crippen molar-refractivity contribution in [2.24, 2.45) is 5.92 Å². The van der Waals surface area contributed by atoms with Crippen molar-refractivity contribution in [2.75, 3.05) is 13.2 Å². The van der Waals surface area contributed by atoms with Gasteiger partial charge in [-0.1, -0.05) is 19.9 Å². The van der Waals surface area contributed by atoms with Crippen LogP contribution >= 0.6 is 0 Å². The average Bonchev–Trinajstić information content (AvgIpc) is 2.65. The van der Waals surface area contributed by atoms with Crippen LogP contribution in [-0.4, -0.2) is 19.1 Å². The molecule has 1 amide bonds. The number of hydrogen-bond donors (Lipinski definition) is 1. The van der Waals surface area contributed by atoms with Crippen LogP contribution in [0, 0.1) is 17.2 Å². The van der Waals surface area contributed by atoms with Gasteiger partial charge in [0.2, 0.25) is 0 Å². The maximum atomic E-state index is 12.6. The zero-order chi connectivity index (χ0) is 17.8. The van der Waals surface area contributed by atoms with Gasteiger partial charge in [-0.05, 0) is 47.9 Å². The highest BCUT2D eigenvalue weighted by Gasteiger charge is 2.22. The largest absolute Gasteiger partial charge is 0.486 e. The van der Waals surface area contributed by atoms with E-state index in [4.69, 9.17) is 14.7 Å². The molecule has 2 aromatic carbocycles. The molecule has 5 nitrogen and oxygen atoms in total. The minimum absolute atomic E-state index is 0.154. The van der Waals surface area contributed by atoms with Crippen LogP contribution in [0.15, 0.2) is 42.5 Å². The molecule has 0 aliphatic carbocycles. The smallest absolute Gasteiger partial charge is 0.251 e. The fourth-order valence-electron chi connectivity index (χ4n) is 2.81. The summed E-state index contributed by atoms with van der Waals surface area (Å²) in [5.41, 5.74) is 2.03. The van der Waals surface area contributed by atoms with Gasteiger partial charge < -0.3 is 14.8 Å². The van der Waals surface area contributed by atoms with Crippen molar-refractivity contribution in [1.82, 2.24) is 5.32 Å². The molecule has 25 heavy (non-hydrogen) atoms. The van der Waals surface area contributed by atoms with Crippen LogP contribution < -0.4 is 14.8 Å². The summed E-state index contributed by atoms with van der Waals surface area (Å²) in [5.74, 6) is 1.47.